The molecule has 5 nitrogen and oxygen atoms in total. The van der Waals surface area contributed by atoms with Gasteiger partial charge in [0.15, 0.2) is 0 Å². The summed E-state index contributed by atoms with van der Waals surface area (Å²) < 4.78 is 5.40. The first-order valence-corrected chi connectivity index (χ1v) is 7.60. The largest absolute Gasteiger partial charge is 0.475 e. The van der Waals surface area contributed by atoms with Crippen LogP contribution in [-0.4, -0.2) is 41.0 Å². The van der Waals surface area contributed by atoms with Crippen molar-refractivity contribution in [2.24, 2.45) is 0 Å². The van der Waals surface area contributed by atoms with Crippen molar-refractivity contribution in [3.05, 3.63) is 36.1 Å². The van der Waals surface area contributed by atoms with E-state index in [1.165, 1.54) is 11.8 Å². The highest BCUT2D eigenvalue weighted by molar-refractivity contribution is 7.99. The van der Waals surface area contributed by atoms with Crippen LogP contribution in [0.4, 0.5) is 0 Å². The number of para-hydroxylation sites is 1. The Bertz CT molecular complexity index is 587. The first-order chi connectivity index (χ1) is 9.61. The molecule has 0 fully saturated rings. The number of carbonyl (C=O) groups is 1. The standard InChI is InChI=1S/C13H16BNO4S/c1-20-8-13(16)15-12(14(17)18)6-9-7-19-11-5-3-2-4-10(9)11/h2-5,7,12,17-18H,6,8H2,1H3,(H,15,16)/t12-/m0/s1. The molecular weight excluding hydrogens is 277 g/mol. The molecule has 0 spiro atoms. The van der Waals surface area contributed by atoms with Crippen LogP contribution in [0, 0.1) is 0 Å². The molecule has 2 rings (SSSR count). The Hall–Kier alpha value is -1.44. The number of hydrogen-bond acceptors (Lipinski definition) is 5. The minimum atomic E-state index is -1.62. The number of thioether (sulfide) groups is 1. The van der Waals surface area contributed by atoms with E-state index in [1.807, 2.05) is 30.5 Å². The molecule has 0 radical (unpaired) electrons. The molecule has 2 aromatic rings. The molecule has 1 amide bonds. The molecule has 0 aliphatic rings. The highest BCUT2D eigenvalue weighted by Gasteiger charge is 2.26. The quantitative estimate of drug-likeness (QED) is 0.687. The fourth-order valence-electron chi connectivity index (χ4n) is 2.04. The number of benzene rings is 1. The predicted molar refractivity (Wildman–Crippen MR) is 80.4 cm³/mol. The lowest BCUT2D eigenvalue weighted by molar-refractivity contribution is -0.118. The highest BCUT2D eigenvalue weighted by atomic mass is 32.2. The van der Waals surface area contributed by atoms with E-state index in [0.29, 0.717) is 6.42 Å². The van der Waals surface area contributed by atoms with E-state index in [-0.39, 0.29) is 11.7 Å². The van der Waals surface area contributed by atoms with Crippen molar-refractivity contribution < 1.29 is 19.3 Å². The number of hydrogen-bond donors (Lipinski definition) is 3. The van der Waals surface area contributed by atoms with Crippen molar-refractivity contribution in [3.8, 4) is 0 Å². The van der Waals surface area contributed by atoms with Gasteiger partial charge in [0.2, 0.25) is 5.91 Å². The Labute approximate surface area is 121 Å². The number of carbonyl (C=O) groups excluding carboxylic acids is 1. The van der Waals surface area contributed by atoms with Gasteiger partial charge in [0.1, 0.15) is 5.58 Å². The zero-order valence-corrected chi connectivity index (χ0v) is 11.9. The van der Waals surface area contributed by atoms with Gasteiger partial charge in [-0.2, -0.15) is 11.8 Å². The number of furan rings is 1. The average Bonchev–Trinajstić information content (AvgIpc) is 2.82. The second kappa shape index (κ2) is 6.83. The smallest absolute Gasteiger partial charge is 0.464 e. The minimum absolute atomic E-state index is 0.219. The summed E-state index contributed by atoms with van der Waals surface area (Å²) in [4.78, 5) is 11.6. The molecular formula is C13H16BNO4S. The van der Waals surface area contributed by atoms with Crippen LogP contribution < -0.4 is 5.32 Å². The molecule has 0 saturated heterocycles. The van der Waals surface area contributed by atoms with E-state index in [4.69, 9.17) is 4.42 Å². The number of nitrogens with one attached hydrogen (secondary N) is 1. The summed E-state index contributed by atoms with van der Waals surface area (Å²) >= 11 is 1.38. The summed E-state index contributed by atoms with van der Waals surface area (Å²) in [6, 6.07) is 7.50. The molecule has 1 aromatic carbocycles. The van der Waals surface area contributed by atoms with Gasteiger partial charge in [-0.15, -0.1) is 0 Å². The topological polar surface area (TPSA) is 82.7 Å². The van der Waals surface area contributed by atoms with Gasteiger partial charge in [0.25, 0.3) is 0 Å². The van der Waals surface area contributed by atoms with E-state index in [9.17, 15) is 14.8 Å². The monoisotopic (exact) mass is 293 g/mol. The van der Waals surface area contributed by atoms with Gasteiger partial charge in [0, 0.05) is 5.39 Å². The zero-order valence-electron chi connectivity index (χ0n) is 11.1. The van der Waals surface area contributed by atoms with Crippen LogP contribution in [0.15, 0.2) is 34.9 Å². The van der Waals surface area contributed by atoms with Crippen molar-refractivity contribution in [2.45, 2.75) is 12.4 Å². The van der Waals surface area contributed by atoms with Crippen LogP contribution in [0.1, 0.15) is 5.56 Å². The van der Waals surface area contributed by atoms with Gasteiger partial charge in [-0.3, -0.25) is 4.79 Å². The van der Waals surface area contributed by atoms with Crippen LogP contribution >= 0.6 is 11.8 Å². The van der Waals surface area contributed by atoms with E-state index in [2.05, 4.69) is 5.32 Å². The molecule has 0 saturated carbocycles. The Morgan fingerprint density at radius 2 is 2.20 bits per heavy atom. The molecule has 0 unspecified atom stereocenters. The predicted octanol–water partition coefficient (Wildman–Crippen LogP) is 0.835. The lowest BCUT2D eigenvalue weighted by Gasteiger charge is -2.16. The summed E-state index contributed by atoms with van der Waals surface area (Å²) in [5.74, 6) is -0.686. The van der Waals surface area contributed by atoms with Gasteiger partial charge in [0.05, 0.1) is 18.0 Å². The summed E-state index contributed by atoms with van der Waals surface area (Å²) in [7, 11) is -1.62. The first kappa shape index (κ1) is 15.0. The maximum atomic E-state index is 11.6. The van der Waals surface area contributed by atoms with Crippen molar-refractivity contribution >= 4 is 35.8 Å². The van der Waals surface area contributed by atoms with Crippen molar-refractivity contribution in [1.29, 1.82) is 0 Å². The van der Waals surface area contributed by atoms with Gasteiger partial charge >= 0.3 is 7.12 Å². The number of rotatable bonds is 6. The summed E-state index contributed by atoms with van der Waals surface area (Å²) in [5, 5.41) is 22.3. The third-order valence-electron chi connectivity index (χ3n) is 2.98. The van der Waals surface area contributed by atoms with Gasteiger partial charge in [-0.1, -0.05) is 18.2 Å². The Balaban J connectivity index is 2.13. The van der Waals surface area contributed by atoms with Crippen LogP contribution in [0.25, 0.3) is 11.0 Å². The molecule has 1 atom stereocenters. The summed E-state index contributed by atoms with van der Waals surface area (Å²) in [6.07, 6.45) is 3.70. The first-order valence-electron chi connectivity index (χ1n) is 6.21. The van der Waals surface area contributed by atoms with Crippen molar-refractivity contribution in [1.82, 2.24) is 5.32 Å². The maximum absolute atomic E-state index is 11.6. The zero-order chi connectivity index (χ0) is 14.5. The highest BCUT2D eigenvalue weighted by Crippen LogP contribution is 2.22. The lowest BCUT2D eigenvalue weighted by Crippen LogP contribution is -2.48. The Morgan fingerprint density at radius 1 is 1.45 bits per heavy atom. The Kier molecular flexibility index (Phi) is 5.11. The van der Waals surface area contributed by atoms with Gasteiger partial charge in [-0.05, 0) is 24.3 Å². The maximum Gasteiger partial charge on any atom is 0.475 e. The van der Waals surface area contributed by atoms with Crippen LogP contribution in [0.5, 0.6) is 0 Å². The van der Waals surface area contributed by atoms with Crippen molar-refractivity contribution in [2.75, 3.05) is 12.0 Å². The SMILES string of the molecule is CSCC(=O)N[C@@H](Cc1coc2ccccc12)B(O)O. The van der Waals surface area contributed by atoms with Crippen molar-refractivity contribution in [3.63, 3.8) is 0 Å². The number of fused-ring (bicyclic) bond motifs is 1. The van der Waals surface area contributed by atoms with Crippen LogP contribution in [0.3, 0.4) is 0 Å². The van der Waals surface area contributed by atoms with E-state index in [1.54, 1.807) is 6.26 Å². The molecule has 1 aromatic heterocycles. The van der Waals surface area contributed by atoms with E-state index >= 15 is 0 Å². The summed E-state index contributed by atoms with van der Waals surface area (Å²) in [6.45, 7) is 0. The van der Waals surface area contributed by atoms with E-state index < -0.39 is 13.1 Å². The molecule has 20 heavy (non-hydrogen) atoms. The van der Waals surface area contributed by atoms with Gasteiger partial charge < -0.3 is 19.8 Å². The third kappa shape index (κ3) is 3.56. The van der Waals surface area contributed by atoms with E-state index in [0.717, 1.165) is 16.5 Å². The minimum Gasteiger partial charge on any atom is -0.464 e. The molecule has 106 valence electrons. The lowest BCUT2D eigenvalue weighted by atomic mass is 9.76. The molecule has 0 aliphatic heterocycles. The molecule has 3 N–H and O–H groups in total. The molecule has 0 aliphatic carbocycles. The fraction of sp³-hybridized carbons (Fsp3) is 0.308. The third-order valence-corrected chi connectivity index (χ3v) is 3.53. The Morgan fingerprint density at radius 3 is 2.90 bits per heavy atom. The van der Waals surface area contributed by atoms with Crippen LogP contribution in [-0.2, 0) is 11.2 Å². The van der Waals surface area contributed by atoms with Crippen LogP contribution in [0.2, 0.25) is 0 Å². The molecule has 1 heterocycles. The number of amides is 1. The second-order valence-corrected chi connectivity index (χ2v) is 5.35. The average molecular weight is 293 g/mol. The molecule has 0 bridgehead atoms. The fourth-order valence-corrected chi connectivity index (χ4v) is 2.38. The molecule has 7 heteroatoms. The van der Waals surface area contributed by atoms with Gasteiger partial charge in [-0.25, -0.2) is 0 Å². The summed E-state index contributed by atoms with van der Waals surface area (Å²) in [5.41, 5.74) is 1.58. The normalized spacial score (nSPS) is 12.3. The second-order valence-electron chi connectivity index (χ2n) is 4.48.